The summed E-state index contributed by atoms with van der Waals surface area (Å²) < 4.78 is 5.54. The summed E-state index contributed by atoms with van der Waals surface area (Å²) in [6, 6.07) is 13.8. The highest BCUT2D eigenvalue weighted by molar-refractivity contribution is 5.99. The van der Waals surface area contributed by atoms with E-state index in [4.69, 9.17) is 4.74 Å². The lowest BCUT2D eigenvalue weighted by molar-refractivity contribution is -0.254. The number of benzene rings is 2. The highest BCUT2D eigenvalue weighted by Crippen LogP contribution is 2.15. The molecule has 2 aromatic carbocycles. The van der Waals surface area contributed by atoms with E-state index in [9.17, 15) is 14.7 Å². The van der Waals surface area contributed by atoms with Gasteiger partial charge in [0.25, 0.3) is 0 Å². The van der Waals surface area contributed by atoms with E-state index in [1.807, 2.05) is 31.2 Å². The van der Waals surface area contributed by atoms with Gasteiger partial charge in [0.2, 0.25) is 5.91 Å². The molecule has 0 atom stereocenters. The second-order valence-electron chi connectivity index (χ2n) is 5.15. The molecule has 0 unspecified atom stereocenters. The highest BCUT2D eigenvalue weighted by Gasteiger charge is 2.07. The Balaban J connectivity index is 1.77. The molecule has 2 aromatic rings. The van der Waals surface area contributed by atoms with Crippen LogP contribution < -0.4 is 15.2 Å². The predicted molar refractivity (Wildman–Crippen MR) is 85.3 cm³/mol. The molecule has 1 N–H and O–H groups in total. The minimum atomic E-state index is -1.32. The molecule has 23 heavy (non-hydrogen) atoms. The SMILES string of the molecule is Cc1ccc(OCCCC(=O)Nc2ccccc2C(=O)[O-])cc1. The zero-order valence-corrected chi connectivity index (χ0v) is 12.9. The van der Waals surface area contributed by atoms with E-state index in [1.54, 1.807) is 12.1 Å². The van der Waals surface area contributed by atoms with Crippen LogP contribution in [0.2, 0.25) is 0 Å². The minimum Gasteiger partial charge on any atom is -0.545 e. The van der Waals surface area contributed by atoms with Crippen LogP contribution in [0.25, 0.3) is 0 Å². The van der Waals surface area contributed by atoms with Crippen molar-refractivity contribution in [1.29, 1.82) is 0 Å². The molecule has 0 aliphatic rings. The van der Waals surface area contributed by atoms with Crippen molar-refractivity contribution in [2.24, 2.45) is 0 Å². The molecule has 0 fully saturated rings. The van der Waals surface area contributed by atoms with Crippen LogP contribution in [0.1, 0.15) is 28.8 Å². The number of aromatic carboxylic acids is 1. The lowest BCUT2D eigenvalue weighted by Gasteiger charge is -2.11. The van der Waals surface area contributed by atoms with E-state index in [1.165, 1.54) is 12.1 Å². The van der Waals surface area contributed by atoms with Crippen LogP contribution >= 0.6 is 0 Å². The molecular weight excluding hydrogens is 294 g/mol. The fourth-order valence-electron chi connectivity index (χ4n) is 2.04. The van der Waals surface area contributed by atoms with Gasteiger partial charge < -0.3 is 20.0 Å². The van der Waals surface area contributed by atoms with Gasteiger partial charge in [-0.1, -0.05) is 35.9 Å². The Morgan fingerprint density at radius 2 is 1.78 bits per heavy atom. The van der Waals surface area contributed by atoms with Gasteiger partial charge in [0, 0.05) is 17.7 Å². The number of carbonyl (C=O) groups excluding carboxylic acids is 2. The predicted octanol–water partition coefficient (Wildman–Crippen LogP) is 2.16. The van der Waals surface area contributed by atoms with Crippen LogP contribution in [-0.2, 0) is 4.79 Å². The van der Waals surface area contributed by atoms with Crippen molar-refractivity contribution in [3.8, 4) is 5.75 Å². The van der Waals surface area contributed by atoms with Gasteiger partial charge in [-0.25, -0.2) is 0 Å². The third kappa shape index (κ3) is 5.14. The minimum absolute atomic E-state index is 0.0308. The van der Waals surface area contributed by atoms with E-state index >= 15 is 0 Å². The first-order valence-corrected chi connectivity index (χ1v) is 7.36. The molecule has 0 saturated heterocycles. The van der Waals surface area contributed by atoms with Crippen molar-refractivity contribution in [2.75, 3.05) is 11.9 Å². The number of rotatable bonds is 7. The number of aryl methyl sites for hydroxylation is 1. The summed E-state index contributed by atoms with van der Waals surface area (Å²) in [4.78, 5) is 22.8. The molecule has 0 aliphatic carbocycles. The number of para-hydroxylation sites is 1. The van der Waals surface area contributed by atoms with Gasteiger partial charge in [0.05, 0.1) is 12.6 Å². The van der Waals surface area contributed by atoms with Crippen molar-refractivity contribution >= 4 is 17.6 Å². The molecular formula is C18H18NO4-. The fourth-order valence-corrected chi connectivity index (χ4v) is 2.04. The summed E-state index contributed by atoms with van der Waals surface area (Å²) >= 11 is 0. The third-order valence-electron chi connectivity index (χ3n) is 3.26. The maximum atomic E-state index is 11.9. The Labute approximate surface area is 134 Å². The van der Waals surface area contributed by atoms with E-state index in [-0.39, 0.29) is 23.6 Å². The van der Waals surface area contributed by atoms with E-state index < -0.39 is 5.97 Å². The second kappa shape index (κ2) is 7.98. The molecule has 0 bridgehead atoms. The molecule has 0 aliphatic heterocycles. The van der Waals surface area contributed by atoms with Crippen molar-refractivity contribution in [1.82, 2.24) is 0 Å². The van der Waals surface area contributed by atoms with Crippen LogP contribution in [0.15, 0.2) is 48.5 Å². The molecule has 0 heterocycles. The van der Waals surface area contributed by atoms with Gasteiger partial charge in [-0.2, -0.15) is 0 Å². The highest BCUT2D eigenvalue weighted by atomic mass is 16.5. The Morgan fingerprint density at radius 3 is 2.48 bits per heavy atom. The first-order valence-electron chi connectivity index (χ1n) is 7.36. The Hall–Kier alpha value is -2.82. The standard InChI is InChI=1S/C18H19NO4/c1-13-8-10-14(11-9-13)23-12-4-7-17(20)19-16-6-3-2-5-15(16)18(21)22/h2-3,5-6,8-11H,4,7,12H2,1H3,(H,19,20)(H,21,22)/p-1. The molecule has 2 rings (SSSR count). The van der Waals surface area contributed by atoms with Crippen LogP contribution in [0, 0.1) is 6.92 Å². The summed E-state index contributed by atoms with van der Waals surface area (Å²) in [6.07, 6.45) is 0.778. The first kappa shape index (κ1) is 16.5. The van der Waals surface area contributed by atoms with Gasteiger partial charge in [0.15, 0.2) is 0 Å². The number of carboxylic acid groups (broad SMARTS) is 1. The summed E-state index contributed by atoms with van der Waals surface area (Å²) in [5.41, 5.74) is 1.37. The van der Waals surface area contributed by atoms with E-state index in [0.717, 1.165) is 11.3 Å². The molecule has 1 amide bonds. The third-order valence-corrected chi connectivity index (χ3v) is 3.26. The first-order chi connectivity index (χ1) is 11.1. The monoisotopic (exact) mass is 312 g/mol. The topological polar surface area (TPSA) is 78.5 Å². The zero-order chi connectivity index (χ0) is 16.7. The van der Waals surface area contributed by atoms with Crippen molar-refractivity contribution < 1.29 is 19.4 Å². The lowest BCUT2D eigenvalue weighted by atomic mass is 10.1. The molecule has 0 saturated carbocycles. The van der Waals surface area contributed by atoms with Crippen LogP contribution in [0.4, 0.5) is 5.69 Å². The molecule has 0 spiro atoms. The smallest absolute Gasteiger partial charge is 0.224 e. The average molecular weight is 312 g/mol. The van der Waals surface area contributed by atoms with Crippen molar-refractivity contribution in [3.63, 3.8) is 0 Å². The number of hydrogen-bond acceptors (Lipinski definition) is 4. The van der Waals surface area contributed by atoms with E-state index in [0.29, 0.717) is 13.0 Å². The Bertz CT molecular complexity index is 680. The van der Waals surface area contributed by atoms with Gasteiger partial charge in [-0.3, -0.25) is 4.79 Å². The maximum Gasteiger partial charge on any atom is 0.224 e. The van der Waals surface area contributed by atoms with Crippen LogP contribution in [0.5, 0.6) is 5.75 Å². The maximum absolute atomic E-state index is 11.9. The normalized spacial score (nSPS) is 10.1. The van der Waals surface area contributed by atoms with Gasteiger partial charge in [0.1, 0.15) is 5.75 Å². The summed E-state index contributed by atoms with van der Waals surface area (Å²) in [7, 11) is 0. The lowest BCUT2D eigenvalue weighted by Crippen LogP contribution is -2.24. The zero-order valence-electron chi connectivity index (χ0n) is 12.9. The molecule has 0 radical (unpaired) electrons. The summed E-state index contributed by atoms with van der Waals surface area (Å²) in [6.45, 7) is 2.41. The van der Waals surface area contributed by atoms with Gasteiger partial charge in [-0.05, 0) is 31.5 Å². The van der Waals surface area contributed by atoms with Crippen LogP contribution in [-0.4, -0.2) is 18.5 Å². The Kier molecular flexibility index (Phi) is 5.74. The number of amides is 1. The Morgan fingerprint density at radius 1 is 1.09 bits per heavy atom. The summed E-state index contributed by atoms with van der Waals surface area (Å²) in [5.74, 6) is -0.812. The van der Waals surface area contributed by atoms with Crippen molar-refractivity contribution in [2.45, 2.75) is 19.8 Å². The molecule has 5 heteroatoms. The number of hydrogen-bond donors (Lipinski definition) is 1. The quantitative estimate of drug-likeness (QED) is 0.795. The van der Waals surface area contributed by atoms with Gasteiger partial charge in [-0.15, -0.1) is 0 Å². The molecule has 0 aromatic heterocycles. The molecule has 120 valence electrons. The molecule has 5 nitrogen and oxygen atoms in total. The largest absolute Gasteiger partial charge is 0.545 e. The number of carboxylic acids is 1. The fraction of sp³-hybridized carbons (Fsp3) is 0.222. The summed E-state index contributed by atoms with van der Waals surface area (Å²) in [5, 5.41) is 13.5. The average Bonchev–Trinajstić information content (AvgIpc) is 2.53. The van der Waals surface area contributed by atoms with Gasteiger partial charge >= 0.3 is 0 Å². The van der Waals surface area contributed by atoms with Crippen LogP contribution in [0.3, 0.4) is 0 Å². The second-order valence-corrected chi connectivity index (χ2v) is 5.15. The number of carbonyl (C=O) groups is 2. The number of anilines is 1. The van der Waals surface area contributed by atoms with Crippen molar-refractivity contribution in [3.05, 3.63) is 59.7 Å². The number of nitrogens with one attached hydrogen (secondary N) is 1. The number of ether oxygens (including phenoxy) is 1. The van der Waals surface area contributed by atoms with E-state index in [2.05, 4.69) is 5.32 Å².